The topological polar surface area (TPSA) is 78.3 Å². The van der Waals surface area contributed by atoms with Crippen LogP contribution in [0, 0.1) is 0 Å². The summed E-state index contributed by atoms with van der Waals surface area (Å²) >= 11 is 5.83. The molecular weight excluding hydrogens is 416 g/mol. The maximum absolute atomic E-state index is 12.9. The maximum atomic E-state index is 12.9. The second-order valence-corrected chi connectivity index (χ2v) is 7.29. The molecule has 4 rings (SSSR count). The second kappa shape index (κ2) is 8.93. The van der Waals surface area contributed by atoms with Crippen LogP contribution in [0.25, 0.3) is 10.8 Å². The van der Waals surface area contributed by atoms with Gasteiger partial charge in [0.05, 0.1) is 11.9 Å². The van der Waals surface area contributed by atoms with E-state index in [0.717, 1.165) is 5.56 Å². The number of benzene rings is 3. The quantitative estimate of drug-likeness (QED) is 0.338. The number of esters is 1. The fourth-order valence-electron chi connectivity index (χ4n) is 3.17. The van der Waals surface area contributed by atoms with Crippen LogP contribution in [0.1, 0.15) is 26.4 Å². The van der Waals surface area contributed by atoms with Gasteiger partial charge in [0.15, 0.2) is 18.1 Å². The van der Waals surface area contributed by atoms with Gasteiger partial charge in [-0.3, -0.25) is 9.59 Å². The lowest BCUT2D eigenvalue weighted by molar-refractivity contribution is 0.0468. The van der Waals surface area contributed by atoms with Gasteiger partial charge in [0, 0.05) is 16.0 Å². The molecule has 0 unspecified atom stereocenters. The molecule has 0 amide bonds. The van der Waals surface area contributed by atoms with Crippen molar-refractivity contribution in [1.29, 1.82) is 0 Å². The van der Waals surface area contributed by atoms with Crippen LogP contribution in [0.5, 0.6) is 0 Å². The van der Waals surface area contributed by atoms with Crippen LogP contribution in [0.3, 0.4) is 0 Å². The number of hydrogen-bond acceptors (Lipinski definition) is 5. The Hall–Kier alpha value is -3.77. The number of halogens is 1. The van der Waals surface area contributed by atoms with Crippen molar-refractivity contribution in [3.05, 3.63) is 111 Å². The van der Waals surface area contributed by atoms with Crippen LogP contribution in [0.15, 0.2) is 83.7 Å². The van der Waals surface area contributed by atoms with E-state index in [1.54, 1.807) is 48.5 Å². The minimum absolute atomic E-state index is 0.0185. The van der Waals surface area contributed by atoms with E-state index in [1.807, 2.05) is 30.3 Å². The first-order valence-electron chi connectivity index (χ1n) is 9.52. The van der Waals surface area contributed by atoms with Crippen molar-refractivity contribution >= 4 is 34.1 Å². The average Bonchev–Trinajstić information content (AvgIpc) is 2.80. The van der Waals surface area contributed by atoms with Gasteiger partial charge in [-0.2, -0.15) is 5.10 Å². The molecule has 0 bridgehead atoms. The van der Waals surface area contributed by atoms with E-state index in [1.165, 1.54) is 4.68 Å². The number of aromatic nitrogens is 2. The molecule has 4 aromatic rings. The number of carbonyl (C=O) groups is 2. The summed E-state index contributed by atoms with van der Waals surface area (Å²) in [7, 11) is 0. The summed E-state index contributed by atoms with van der Waals surface area (Å²) in [5, 5.41) is 5.49. The number of Topliss-reactive ketones (excluding diaryl/α,β-unsaturated/α-hetero) is 1. The zero-order valence-electron chi connectivity index (χ0n) is 16.3. The molecule has 0 N–H and O–H groups in total. The highest BCUT2D eigenvalue weighted by molar-refractivity contribution is 6.30. The van der Waals surface area contributed by atoms with Crippen molar-refractivity contribution in [3.63, 3.8) is 0 Å². The van der Waals surface area contributed by atoms with E-state index in [2.05, 4.69) is 5.10 Å². The summed E-state index contributed by atoms with van der Waals surface area (Å²) < 4.78 is 6.46. The second-order valence-electron chi connectivity index (χ2n) is 6.85. The first-order chi connectivity index (χ1) is 15.0. The number of ketones is 1. The number of carbonyl (C=O) groups excluding carboxylic acids is 2. The predicted octanol–water partition coefficient (Wildman–Crippen LogP) is 4.14. The number of hydrogen-bond donors (Lipinski definition) is 0. The highest BCUT2D eigenvalue weighted by Gasteiger charge is 2.19. The highest BCUT2D eigenvalue weighted by atomic mass is 35.5. The molecule has 0 aliphatic heterocycles. The minimum Gasteiger partial charge on any atom is -0.452 e. The Kier molecular flexibility index (Phi) is 5.91. The lowest BCUT2D eigenvalue weighted by atomic mass is 10.1. The average molecular weight is 433 g/mol. The predicted molar refractivity (Wildman–Crippen MR) is 118 cm³/mol. The molecule has 0 fully saturated rings. The van der Waals surface area contributed by atoms with Gasteiger partial charge in [-0.15, -0.1) is 0 Å². The third-order valence-corrected chi connectivity index (χ3v) is 4.99. The molecule has 6 nitrogen and oxygen atoms in total. The summed E-state index contributed by atoms with van der Waals surface area (Å²) in [6.45, 7) is -0.247. The SMILES string of the molecule is O=C(COC(=O)c1nn(Cc2ccccc2)c(=O)c2ccccc12)c1ccc(Cl)cc1. The molecule has 7 heteroatoms. The van der Waals surface area contributed by atoms with Crippen LogP contribution >= 0.6 is 11.6 Å². The Morgan fingerprint density at radius 1 is 0.871 bits per heavy atom. The largest absolute Gasteiger partial charge is 0.452 e. The highest BCUT2D eigenvalue weighted by Crippen LogP contribution is 2.16. The molecule has 3 aromatic carbocycles. The minimum atomic E-state index is -0.777. The third-order valence-electron chi connectivity index (χ3n) is 4.74. The summed E-state index contributed by atoms with van der Waals surface area (Å²) in [4.78, 5) is 38.0. The van der Waals surface area contributed by atoms with E-state index in [9.17, 15) is 14.4 Å². The van der Waals surface area contributed by atoms with Crippen LogP contribution in [-0.2, 0) is 11.3 Å². The van der Waals surface area contributed by atoms with Crippen molar-refractivity contribution < 1.29 is 14.3 Å². The van der Waals surface area contributed by atoms with Crippen molar-refractivity contribution in [1.82, 2.24) is 9.78 Å². The Morgan fingerprint density at radius 3 is 2.23 bits per heavy atom. The van der Waals surface area contributed by atoms with E-state index >= 15 is 0 Å². The standard InChI is InChI=1S/C24H17ClN2O4/c25-18-12-10-17(11-13-18)21(28)15-31-24(30)22-19-8-4-5-9-20(19)23(29)27(26-22)14-16-6-2-1-3-7-16/h1-13H,14-15H2. The van der Waals surface area contributed by atoms with Gasteiger partial charge in [-0.05, 0) is 35.9 Å². The van der Waals surface area contributed by atoms with Crippen LogP contribution in [-0.4, -0.2) is 28.1 Å². The Labute approximate surface area is 182 Å². The fraction of sp³-hybridized carbons (Fsp3) is 0.0833. The first kappa shape index (κ1) is 20.5. The lowest BCUT2D eigenvalue weighted by Gasteiger charge is -2.11. The molecule has 154 valence electrons. The molecule has 0 spiro atoms. The zero-order valence-corrected chi connectivity index (χ0v) is 17.1. The van der Waals surface area contributed by atoms with Gasteiger partial charge >= 0.3 is 5.97 Å². The first-order valence-corrected chi connectivity index (χ1v) is 9.90. The Morgan fingerprint density at radius 2 is 1.52 bits per heavy atom. The van der Waals surface area contributed by atoms with Crippen molar-refractivity contribution in [2.75, 3.05) is 6.61 Å². The van der Waals surface area contributed by atoms with Crippen molar-refractivity contribution in [3.8, 4) is 0 Å². The molecule has 0 atom stereocenters. The summed E-state index contributed by atoms with van der Waals surface area (Å²) in [5.74, 6) is -1.15. The number of nitrogens with zero attached hydrogens (tertiary/aromatic N) is 2. The molecular formula is C24H17ClN2O4. The normalized spacial score (nSPS) is 10.7. The maximum Gasteiger partial charge on any atom is 0.359 e. The fourth-order valence-corrected chi connectivity index (χ4v) is 3.29. The van der Waals surface area contributed by atoms with Gasteiger partial charge in [-0.25, -0.2) is 9.48 Å². The third kappa shape index (κ3) is 4.54. The van der Waals surface area contributed by atoms with Crippen molar-refractivity contribution in [2.45, 2.75) is 6.54 Å². The van der Waals surface area contributed by atoms with Gasteiger partial charge < -0.3 is 4.74 Å². The van der Waals surface area contributed by atoms with E-state index in [-0.39, 0.29) is 23.6 Å². The van der Waals surface area contributed by atoms with Crippen LogP contribution in [0.2, 0.25) is 5.02 Å². The number of rotatable bonds is 6. The molecule has 0 saturated carbocycles. The van der Waals surface area contributed by atoms with Gasteiger partial charge in [0.1, 0.15) is 0 Å². The monoisotopic (exact) mass is 432 g/mol. The Balaban J connectivity index is 1.63. The molecule has 1 aromatic heterocycles. The molecule has 31 heavy (non-hydrogen) atoms. The van der Waals surface area contributed by atoms with Gasteiger partial charge in [-0.1, -0.05) is 60.1 Å². The molecule has 0 aliphatic carbocycles. The number of ether oxygens (including phenoxy) is 1. The molecule has 0 radical (unpaired) electrons. The number of fused-ring (bicyclic) bond motifs is 1. The summed E-state index contributed by atoms with van der Waals surface area (Å²) in [6.07, 6.45) is 0. The summed E-state index contributed by atoms with van der Waals surface area (Å²) in [5.41, 5.74) is 0.914. The summed E-state index contributed by atoms with van der Waals surface area (Å²) in [6, 6.07) is 22.3. The van der Waals surface area contributed by atoms with E-state index in [0.29, 0.717) is 21.4 Å². The van der Waals surface area contributed by atoms with E-state index < -0.39 is 12.6 Å². The van der Waals surface area contributed by atoms with E-state index in [4.69, 9.17) is 16.3 Å². The van der Waals surface area contributed by atoms with Crippen LogP contribution in [0.4, 0.5) is 0 Å². The lowest BCUT2D eigenvalue weighted by Crippen LogP contribution is -2.27. The molecule has 1 heterocycles. The van der Waals surface area contributed by atoms with Gasteiger partial charge in [0.2, 0.25) is 0 Å². The zero-order chi connectivity index (χ0) is 21.8. The molecule has 0 saturated heterocycles. The van der Waals surface area contributed by atoms with Crippen LogP contribution < -0.4 is 5.56 Å². The Bertz CT molecular complexity index is 1320. The molecule has 0 aliphatic rings. The van der Waals surface area contributed by atoms with Crippen molar-refractivity contribution in [2.24, 2.45) is 0 Å². The smallest absolute Gasteiger partial charge is 0.359 e. The van der Waals surface area contributed by atoms with Gasteiger partial charge in [0.25, 0.3) is 5.56 Å².